The molecule has 7 nitrogen and oxygen atoms in total. The lowest BCUT2D eigenvalue weighted by Crippen LogP contribution is -2.17. The Balaban J connectivity index is 1.33. The van der Waals surface area contributed by atoms with Crippen LogP contribution in [-0.2, 0) is 11.4 Å². The van der Waals surface area contributed by atoms with Gasteiger partial charge in [0.2, 0.25) is 5.91 Å². The molecule has 4 rings (SSSR count). The van der Waals surface area contributed by atoms with Gasteiger partial charge in [0.1, 0.15) is 18.0 Å². The van der Waals surface area contributed by atoms with Crippen LogP contribution in [0, 0.1) is 12.8 Å². The Hall–Kier alpha value is -4.13. The van der Waals surface area contributed by atoms with Crippen LogP contribution in [0.5, 0.6) is 5.75 Å². The van der Waals surface area contributed by atoms with E-state index in [2.05, 4.69) is 15.6 Å². The van der Waals surface area contributed by atoms with Crippen molar-refractivity contribution in [1.82, 2.24) is 9.38 Å². The number of amides is 2. The van der Waals surface area contributed by atoms with Crippen molar-refractivity contribution in [2.24, 2.45) is 5.92 Å². The average molecular weight is 443 g/mol. The predicted molar refractivity (Wildman–Crippen MR) is 129 cm³/mol. The zero-order chi connectivity index (χ0) is 23.4. The first-order valence-electron chi connectivity index (χ1n) is 10.8. The van der Waals surface area contributed by atoms with Gasteiger partial charge in [0, 0.05) is 35.2 Å². The molecule has 0 spiro atoms. The van der Waals surface area contributed by atoms with Gasteiger partial charge in [0.05, 0.1) is 5.69 Å². The molecule has 168 valence electrons. The maximum Gasteiger partial charge on any atom is 0.255 e. The summed E-state index contributed by atoms with van der Waals surface area (Å²) in [6.45, 7) is 6.03. The summed E-state index contributed by atoms with van der Waals surface area (Å²) < 4.78 is 7.81. The van der Waals surface area contributed by atoms with Crippen molar-refractivity contribution in [3.63, 3.8) is 0 Å². The van der Waals surface area contributed by atoms with E-state index < -0.39 is 0 Å². The quantitative estimate of drug-likeness (QED) is 0.419. The van der Waals surface area contributed by atoms with Crippen molar-refractivity contribution in [1.29, 1.82) is 0 Å². The fourth-order valence-electron chi connectivity index (χ4n) is 3.26. The molecule has 2 aromatic carbocycles. The van der Waals surface area contributed by atoms with E-state index in [1.54, 1.807) is 48.5 Å². The maximum atomic E-state index is 12.6. The van der Waals surface area contributed by atoms with Crippen molar-refractivity contribution in [2.45, 2.75) is 27.4 Å². The van der Waals surface area contributed by atoms with E-state index in [0.717, 1.165) is 16.9 Å². The lowest BCUT2D eigenvalue weighted by Gasteiger charge is -2.10. The number of carbonyl (C=O) groups is 2. The molecule has 0 aliphatic carbocycles. The van der Waals surface area contributed by atoms with Crippen molar-refractivity contribution in [3.05, 3.63) is 89.9 Å². The second kappa shape index (κ2) is 9.56. The Morgan fingerprint density at radius 2 is 1.64 bits per heavy atom. The van der Waals surface area contributed by atoms with Crippen LogP contribution in [-0.4, -0.2) is 21.2 Å². The van der Waals surface area contributed by atoms with Crippen molar-refractivity contribution in [2.75, 3.05) is 10.6 Å². The molecule has 0 aliphatic heterocycles. The smallest absolute Gasteiger partial charge is 0.255 e. The van der Waals surface area contributed by atoms with E-state index in [9.17, 15) is 9.59 Å². The van der Waals surface area contributed by atoms with E-state index >= 15 is 0 Å². The Kier molecular flexibility index (Phi) is 6.40. The third-order valence-corrected chi connectivity index (χ3v) is 5.17. The van der Waals surface area contributed by atoms with Gasteiger partial charge in [-0.2, -0.15) is 0 Å². The second-order valence-electron chi connectivity index (χ2n) is 8.14. The van der Waals surface area contributed by atoms with Crippen molar-refractivity contribution in [3.8, 4) is 5.75 Å². The van der Waals surface area contributed by atoms with Gasteiger partial charge < -0.3 is 19.8 Å². The Morgan fingerprint density at radius 3 is 2.27 bits per heavy atom. The number of hydrogen-bond donors (Lipinski definition) is 2. The SMILES string of the molecule is Cc1cccn2cc(COc3ccc(C(=O)Nc4ccc(NC(=O)C(C)C)cc4)cc3)nc12. The number of fused-ring (bicyclic) bond motifs is 1. The first-order chi connectivity index (χ1) is 15.9. The molecule has 2 N–H and O–H groups in total. The number of pyridine rings is 1. The highest BCUT2D eigenvalue weighted by Gasteiger charge is 2.09. The van der Waals surface area contributed by atoms with E-state index in [4.69, 9.17) is 4.74 Å². The molecule has 4 aromatic rings. The van der Waals surface area contributed by atoms with Gasteiger partial charge in [-0.15, -0.1) is 0 Å². The summed E-state index contributed by atoms with van der Waals surface area (Å²) in [5, 5.41) is 5.68. The molecule has 2 aromatic heterocycles. The number of rotatable bonds is 7. The minimum absolute atomic E-state index is 0.0506. The third-order valence-electron chi connectivity index (χ3n) is 5.17. The molecule has 0 aliphatic rings. The van der Waals surface area contributed by atoms with Crippen molar-refractivity contribution >= 4 is 28.8 Å². The minimum Gasteiger partial charge on any atom is -0.487 e. The number of aryl methyl sites for hydroxylation is 1. The number of benzene rings is 2. The van der Waals surface area contributed by atoms with Crippen LogP contribution in [0.25, 0.3) is 5.65 Å². The topological polar surface area (TPSA) is 84.7 Å². The number of aromatic nitrogens is 2. The van der Waals surface area contributed by atoms with Gasteiger partial charge in [-0.05, 0) is 67.1 Å². The first-order valence-corrected chi connectivity index (χ1v) is 10.8. The normalized spacial score (nSPS) is 10.9. The average Bonchev–Trinajstić information content (AvgIpc) is 3.24. The predicted octanol–water partition coefficient (Wildman–Crippen LogP) is 5.07. The molecule has 2 amide bonds. The maximum absolute atomic E-state index is 12.6. The third kappa shape index (κ3) is 5.38. The molecular formula is C26H26N4O3. The van der Waals surface area contributed by atoms with E-state index in [0.29, 0.717) is 29.3 Å². The summed E-state index contributed by atoms with van der Waals surface area (Å²) in [6, 6.07) is 18.0. The van der Waals surface area contributed by atoms with Gasteiger partial charge in [-0.3, -0.25) is 9.59 Å². The lowest BCUT2D eigenvalue weighted by atomic mass is 10.2. The van der Waals surface area contributed by atoms with Gasteiger partial charge >= 0.3 is 0 Å². The molecule has 0 bridgehead atoms. The molecule has 0 saturated carbocycles. The highest BCUT2D eigenvalue weighted by molar-refractivity contribution is 6.04. The van der Waals surface area contributed by atoms with Crippen LogP contribution in [0.15, 0.2) is 73.1 Å². The zero-order valence-electron chi connectivity index (χ0n) is 18.8. The van der Waals surface area contributed by atoms with E-state index in [-0.39, 0.29) is 17.7 Å². The first kappa shape index (κ1) is 22.1. The summed E-state index contributed by atoms with van der Waals surface area (Å²) in [5.74, 6) is 0.285. The monoisotopic (exact) mass is 442 g/mol. The lowest BCUT2D eigenvalue weighted by molar-refractivity contribution is -0.118. The van der Waals surface area contributed by atoms with Crippen LogP contribution in [0.4, 0.5) is 11.4 Å². The molecule has 2 heterocycles. The number of ether oxygens (including phenoxy) is 1. The molecule has 33 heavy (non-hydrogen) atoms. The summed E-state index contributed by atoms with van der Waals surface area (Å²) >= 11 is 0. The standard InChI is InChI=1S/C26H26N4O3/c1-17(2)25(31)28-20-8-10-21(11-9-20)29-26(32)19-6-12-23(13-7-19)33-16-22-15-30-14-4-5-18(3)24(30)27-22/h4-15,17H,16H2,1-3H3,(H,28,31)(H,29,32). The largest absolute Gasteiger partial charge is 0.487 e. The highest BCUT2D eigenvalue weighted by atomic mass is 16.5. The van der Waals surface area contributed by atoms with Gasteiger partial charge in [0.15, 0.2) is 0 Å². The fraction of sp³-hybridized carbons (Fsp3) is 0.192. The van der Waals surface area contributed by atoms with Gasteiger partial charge in [0.25, 0.3) is 5.91 Å². The molecule has 0 fully saturated rings. The molecular weight excluding hydrogens is 416 g/mol. The summed E-state index contributed by atoms with van der Waals surface area (Å²) in [7, 11) is 0. The minimum atomic E-state index is -0.226. The van der Waals surface area contributed by atoms with Crippen LogP contribution in [0.2, 0.25) is 0 Å². The van der Waals surface area contributed by atoms with Crippen molar-refractivity contribution < 1.29 is 14.3 Å². The summed E-state index contributed by atoms with van der Waals surface area (Å²) in [4.78, 5) is 28.9. The van der Waals surface area contributed by atoms with Crippen LogP contribution in [0.1, 0.15) is 35.5 Å². The highest BCUT2D eigenvalue weighted by Crippen LogP contribution is 2.18. The van der Waals surface area contributed by atoms with E-state index in [1.165, 1.54) is 0 Å². The second-order valence-corrected chi connectivity index (χ2v) is 8.14. The Bertz CT molecular complexity index is 1280. The Morgan fingerprint density at radius 1 is 0.970 bits per heavy atom. The Labute approximate surface area is 192 Å². The number of hydrogen-bond acceptors (Lipinski definition) is 4. The fourth-order valence-corrected chi connectivity index (χ4v) is 3.26. The molecule has 0 unspecified atom stereocenters. The number of imidazole rings is 1. The summed E-state index contributed by atoms with van der Waals surface area (Å²) in [6.07, 6.45) is 3.91. The molecule has 0 saturated heterocycles. The number of nitrogens with one attached hydrogen (secondary N) is 2. The van der Waals surface area contributed by atoms with E-state index in [1.807, 2.05) is 49.7 Å². The molecule has 7 heteroatoms. The number of anilines is 2. The van der Waals surface area contributed by atoms with Gasteiger partial charge in [-0.25, -0.2) is 4.98 Å². The zero-order valence-corrected chi connectivity index (χ0v) is 18.8. The molecule has 0 atom stereocenters. The molecule has 0 radical (unpaired) electrons. The van der Waals surface area contributed by atoms with Crippen LogP contribution in [0.3, 0.4) is 0 Å². The van der Waals surface area contributed by atoms with Gasteiger partial charge in [-0.1, -0.05) is 19.9 Å². The van der Waals surface area contributed by atoms with Crippen LogP contribution < -0.4 is 15.4 Å². The van der Waals surface area contributed by atoms with Crippen LogP contribution >= 0.6 is 0 Å². The summed E-state index contributed by atoms with van der Waals surface area (Å²) in [5.41, 5.74) is 4.70. The number of carbonyl (C=O) groups excluding carboxylic acids is 2. The number of nitrogens with zero attached hydrogens (tertiary/aromatic N) is 2.